The molecule has 1 fully saturated rings. The monoisotopic (exact) mass is 290 g/mol. The zero-order valence-corrected chi connectivity index (χ0v) is 13.2. The minimum atomic E-state index is -0.452. The van der Waals surface area contributed by atoms with Gasteiger partial charge in [-0.1, -0.05) is 18.6 Å². The summed E-state index contributed by atoms with van der Waals surface area (Å²) in [5.74, 6) is 0.460. The summed E-state index contributed by atoms with van der Waals surface area (Å²) in [6.07, 6.45) is 3.90. The van der Waals surface area contributed by atoms with Gasteiger partial charge in [0.2, 0.25) is 0 Å². The fourth-order valence-corrected chi connectivity index (χ4v) is 2.91. The molecule has 1 aromatic carbocycles. The molecule has 0 unspecified atom stereocenters. The van der Waals surface area contributed by atoms with Crippen molar-refractivity contribution in [2.45, 2.75) is 64.0 Å². The molecule has 0 bridgehead atoms. The van der Waals surface area contributed by atoms with Crippen LogP contribution in [0.25, 0.3) is 0 Å². The number of rotatable bonds is 2. The summed E-state index contributed by atoms with van der Waals surface area (Å²) < 4.78 is 5.33. The Labute approximate surface area is 127 Å². The van der Waals surface area contributed by atoms with Crippen molar-refractivity contribution in [1.29, 1.82) is 0 Å². The number of nitrogens with two attached hydrogens (primary N) is 1. The Bertz CT molecular complexity index is 494. The van der Waals surface area contributed by atoms with Gasteiger partial charge in [-0.2, -0.15) is 0 Å². The summed E-state index contributed by atoms with van der Waals surface area (Å²) in [4.78, 5) is 11.9. The first kappa shape index (κ1) is 15.7. The van der Waals surface area contributed by atoms with Crippen LogP contribution in [0.4, 0.5) is 10.5 Å². The van der Waals surface area contributed by atoms with Crippen LogP contribution in [0.2, 0.25) is 0 Å². The van der Waals surface area contributed by atoms with Crippen molar-refractivity contribution in [3.63, 3.8) is 0 Å². The summed E-state index contributed by atoms with van der Waals surface area (Å²) in [5, 5.41) is 3.00. The summed E-state index contributed by atoms with van der Waals surface area (Å²) >= 11 is 0. The molecule has 0 spiro atoms. The smallest absolute Gasteiger partial charge is 0.407 e. The van der Waals surface area contributed by atoms with E-state index < -0.39 is 5.60 Å². The van der Waals surface area contributed by atoms with Crippen LogP contribution in [0.3, 0.4) is 0 Å². The Morgan fingerprint density at radius 2 is 2.10 bits per heavy atom. The van der Waals surface area contributed by atoms with Gasteiger partial charge in [-0.3, -0.25) is 0 Å². The van der Waals surface area contributed by atoms with Crippen LogP contribution in [0, 0.1) is 0 Å². The number of amides is 1. The largest absolute Gasteiger partial charge is 0.444 e. The first-order chi connectivity index (χ1) is 9.83. The number of ether oxygens (including phenoxy) is 1. The van der Waals surface area contributed by atoms with Crippen LogP contribution in [0.15, 0.2) is 24.3 Å². The molecule has 21 heavy (non-hydrogen) atoms. The van der Waals surface area contributed by atoms with E-state index in [4.69, 9.17) is 10.5 Å². The Balaban J connectivity index is 1.93. The molecule has 116 valence electrons. The fourth-order valence-electron chi connectivity index (χ4n) is 2.91. The van der Waals surface area contributed by atoms with E-state index in [1.807, 2.05) is 39.0 Å². The Hall–Kier alpha value is -1.71. The van der Waals surface area contributed by atoms with Crippen molar-refractivity contribution in [2.24, 2.45) is 0 Å². The highest BCUT2D eigenvalue weighted by Crippen LogP contribution is 2.33. The van der Waals surface area contributed by atoms with Crippen LogP contribution in [0.5, 0.6) is 0 Å². The molecule has 2 atom stereocenters. The van der Waals surface area contributed by atoms with Gasteiger partial charge >= 0.3 is 6.09 Å². The molecule has 4 nitrogen and oxygen atoms in total. The van der Waals surface area contributed by atoms with Crippen molar-refractivity contribution in [3.05, 3.63) is 29.8 Å². The second-order valence-electron chi connectivity index (χ2n) is 6.88. The van der Waals surface area contributed by atoms with Gasteiger partial charge in [-0.05, 0) is 63.6 Å². The lowest BCUT2D eigenvalue weighted by molar-refractivity contribution is 0.0490. The first-order valence-corrected chi connectivity index (χ1v) is 7.68. The summed E-state index contributed by atoms with van der Waals surface area (Å²) in [6.45, 7) is 5.63. The van der Waals surface area contributed by atoms with Crippen LogP contribution < -0.4 is 11.1 Å². The first-order valence-electron chi connectivity index (χ1n) is 7.68. The molecule has 0 aromatic heterocycles. The second-order valence-corrected chi connectivity index (χ2v) is 6.88. The molecule has 0 radical (unpaired) electrons. The topological polar surface area (TPSA) is 64.3 Å². The Morgan fingerprint density at radius 1 is 1.33 bits per heavy atom. The SMILES string of the molecule is CC(C)(C)OC(=O)N[C@@H]1CCC[C@H](c2cccc(N)c2)C1. The molecule has 0 heterocycles. The summed E-state index contributed by atoms with van der Waals surface area (Å²) in [7, 11) is 0. The molecule has 1 amide bonds. The van der Waals surface area contributed by atoms with E-state index in [-0.39, 0.29) is 12.1 Å². The Morgan fingerprint density at radius 3 is 2.76 bits per heavy atom. The molecule has 1 saturated carbocycles. The number of carbonyl (C=O) groups is 1. The minimum absolute atomic E-state index is 0.181. The number of carbonyl (C=O) groups excluding carboxylic acids is 1. The molecule has 0 saturated heterocycles. The number of hydrogen-bond acceptors (Lipinski definition) is 3. The van der Waals surface area contributed by atoms with Gasteiger partial charge < -0.3 is 15.8 Å². The van der Waals surface area contributed by atoms with Crippen molar-refractivity contribution >= 4 is 11.8 Å². The maximum atomic E-state index is 11.9. The minimum Gasteiger partial charge on any atom is -0.444 e. The normalized spacial score (nSPS) is 22.6. The second kappa shape index (κ2) is 6.37. The fraction of sp³-hybridized carbons (Fsp3) is 0.588. The van der Waals surface area contributed by atoms with E-state index >= 15 is 0 Å². The third-order valence-corrected chi connectivity index (χ3v) is 3.78. The number of alkyl carbamates (subject to hydrolysis) is 1. The van der Waals surface area contributed by atoms with Gasteiger partial charge in [0.25, 0.3) is 0 Å². The molecule has 1 aromatic rings. The Kier molecular flexibility index (Phi) is 4.76. The standard InChI is InChI=1S/C17H26N2O2/c1-17(2,3)21-16(20)19-15-9-5-7-13(11-15)12-6-4-8-14(18)10-12/h4,6,8,10,13,15H,5,7,9,11,18H2,1-3H3,(H,19,20)/t13-,15+/m0/s1. The number of benzene rings is 1. The van der Waals surface area contributed by atoms with Crippen LogP contribution in [-0.4, -0.2) is 17.7 Å². The zero-order chi connectivity index (χ0) is 15.5. The van der Waals surface area contributed by atoms with Crippen molar-refractivity contribution in [2.75, 3.05) is 5.73 Å². The lowest BCUT2D eigenvalue weighted by atomic mass is 9.81. The number of nitrogen functional groups attached to an aromatic ring is 1. The van der Waals surface area contributed by atoms with Crippen LogP contribution in [0.1, 0.15) is 57.9 Å². The highest BCUT2D eigenvalue weighted by Gasteiger charge is 2.26. The predicted octanol–water partition coefficient (Wildman–Crippen LogP) is 3.82. The number of anilines is 1. The maximum absolute atomic E-state index is 11.9. The quantitative estimate of drug-likeness (QED) is 0.814. The number of hydrogen-bond donors (Lipinski definition) is 2. The van der Waals surface area contributed by atoms with E-state index in [0.717, 1.165) is 31.4 Å². The van der Waals surface area contributed by atoms with Gasteiger partial charge in [0.1, 0.15) is 5.60 Å². The number of nitrogens with one attached hydrogen (secondary N) is 1. The molecular weight excluding hydrogens is 264 g/mol. The molecule has 0 aliphatic heterocycles. The van der Waals surface area contributed by atoms with Crippen molar-refractivity contribution < 1.29 is 9.53 Å². The van der Waals surface area contributed by atoms with E-state index in [2.05, 4.69) is 11.4 Å². The zero-order valence-electron chi connectivity index (χ0n) is 13.2. The molecule has 2 rings (SSSR count). The lowest BCUT2D eigenvalue weighted by Crippen LogP contribution is -2.41. The molecule has 4 heteroatoms. The highest BCUT2D eigenvalue weighted by atomic mass is 16.6. The lowest BCUT2D eigenvalue weighted by Gasteiger charge is -2.31. The van der Waals surface area contributed by atoms with E-state index in [0.29, 0.717) is 5.92 Å². The van der Waals surface area contributed by atoms with Gasteiger partial charge in [-0.15, -0.1) is 0 Å². The average Bonchev–Trinajstić information content (AvgIpc) is 2.36. The van der Waals surface area contributed by atoms with Crippen molar-refractivity contribution in [1.82, 2.24) is 5.32 Å². The van der Waals surface area contributed by atoms with Crippen LogP contribution >= 0.6 is 0 Å². The molecule has 1 aliphatic rings. The average molecular weight is 290 g/mol. The summed E-state index contributed by atoms with van der Waals surface area (Å²) in [5.41, 5.74) is 7.48. The highest BCUT2D eigenvalue weighted by molar-refractivity contribution is 5.68. The summed E-state index contributed by atoms with van der Waals surface area (Å²) in [6, 6.07) is 8.25. The molecular formula is C17H26N2O2. The van der Waals surface area contributed by atoms with E-state index in [1.165, 1.54) is 5.56 Å². The van der Waals surface area contributed by atoms with Gasteiger partial charge in [-0.25, -0.2) is 4.79 Å². The van der Waals surface area contributed by atoms with Gasteiger partial charge in [0.05, 0.1) is 0 Å². The predicted molar refractivity (Wildman–Crippen MR) is 85.2 cm³/mol. The maximum Gasteiger partial charge on any atom is 0.407 e. The van der Waals surface area contributed by atoms with Crippen LogP contribution in [-0.2, 0) is 4.74 Å². The molecule has 3 N–H and O–H groups in total. The van der Waals surface area contributed by atoms with Crippen molar-refractivity contribution in [3.8, 4) is 0 Å². The van der Waals surface area contributed by atoms with E-state index in [9.17, 15) is 4.79 Å². The third kappa shape index (κ3) is 4.96. The molecule has 1 aliphatic carbocycles. The third-order valence-electron chi connectivity index (χ3n) is 3.78. The van der Waals surface area contributed by atoms with Gasteiger partial charge in [0, 0.05) is 11.7 Å². The van der Waals surface area contributed by atoms with E-state index in [1.54, 1.807) is 0 Å². The van der Waals surface area contributed by atoms with Gasteiger partial charge in [0.15, 0.2) is 0 Å².